The number of fused-ring (bicyclic) bond motifs is 1. The summed E-state index contributed by atoms with van der Waals surface area (Å²) in [5, 5.41) is 15.0. The maximum Gasteiger partial charge on any atom is 0.145 e. The number of ether oxygens (including phenoxy) is 1. The largest absolute Gasteiger partial charge is 0.361 e. The maximum absolute atomic E-state index is 9.45. The molecule has 1 saturated carbocycles. The number of likely N-dealkylation sites (N-methyl/N-ethyl adjacent to an activating group) is 1. The van der Waals surface area contributed by atoms with Crippen LogP contribution in [0.4, 0.5) is 0 Å². The van der Waals surface area contributed by atoms with Crippen LogP contribution in [0.3, 0.4) is 0 Å². The zero-order chi connectivity index (χ0) is 22.7. The Kier molecular flexibility index (Phi) is 6.98. The fraction of sp³-hybridized carbons (Fsp3) is 0.625. The van der Waals surface area contributed by atoms with Crippen molar-refractivity contribution < 1.29 is 4.74 Å². The van der Waals surface area contributed by atoms with Crippen LogP contribution in [-0.4, -0.2) is 58.9 Å². The average molecular weight is 453 g/mol. The summed E-state index contributed by atoms with van der Waals surface area (Å²) >= 11 is 0. The highest BCUT2D eigenvalue weighted by Gasteiger charge is 2.34. The second-order valence-corrected chi connectivity index (χ2v) is 16.0. The van der Waals surface area contributed by atoms with E-state index in [1.165, 1.54) is 31.3 Å². The molecule has 3 heterocycles. The normalized spacial score (nSPS) is 19.0. The summed E-state index contributed by atoms with van der Waals surface area (Å²) in [6.07, 6.45) is 11.5. The number of hydrogen-bond acceptors (Lipinski definition) is 6. The van der Waals surface area contributed by atoms with Gasteiger partial charge in [0.05, 0.1) is 24.2 Å². The van der Waals surface area contributed by atoms with E-state index in [-0.39, 0.29) is 6.04 Å². The first-order valence-corrected chi connectivity index (χ1v) is 15.5. The van der Waals surface area contributed by atoms with Gasteiger partial charge in [0.2, 0.25) is 0 Å². The Hall–Kier alpha value is -2.21. The van der Waals surface area contributed by atoms with E-state index < -0.39 is 8.07 Å². The Labute approximate surface area is 192 Å². The molecule has 0 saturated heterocycles. The first kappa shape index (κ1) is 23.0. The van der Waals surface area contributed by atoms with Gasteiger partial charge in [-0.3, -0.25) is 0 Å². The van der Waals surface area contributed by atoms with Gasteiger partial charge in [-0.25, -0.2) is 15.0 Å². The van der Waals surface area contributed by atoms with Gasteiger partial charge in [0.15, 0.2) is 0 Å². The quantitative estimate of drug-likeness (QED) is 0.405. The molecule has 2 aromatic rings. The monoisotopic (exact) mass is 452 g/mol. The lowest BCUT2D eigenvalue weighted by Crippen LogP contribution is -2.43. The highest BCUT2D eigenvalue weighted by atomic mass is 28.3. The molecule has 8 heteroatoms. The molecule has 0 bridgehead atoms. The van der Waals surface area contributed by atoms with Crippen molar-refractivity contribution in [1.29, 1.82) is 5.26 Å². The van der Waals surface area contributed by atoms with Crippen LogP contribution in [-0.2, 0) is 11.5 Å². The Morgan fingerprint density at radius 1 is 1.25 bits per heavy atom. The SMILES string of the molecule is CN1CC(c2ncnc3c2ccn3COCC[Si](C)(C)C)=CN1C(CC#N)C1CCCC1. The van der Waals surface area contributed by atoms with Crippen molar-refractivity contribution in [2.75, 3.05) is 20.2 Å². The third-order valence-corrected chi connectivity index (χ3v) is 8.46. The summed E-state index contributed by atoms with van der Waals surface area (Å²) in [7, 11) is 1.01. The van der Waals surface area contributed by atoms with Crippen LogP contribution in [0.15, 0.2) is 24.8 Å². The molecule has 0 amide bonds. The van der Waals surface area contributed by atoms with E-state index in [2.05, 4.69) is 69.6 Å². The highest BCUT2D eigenvalue weighted by molar-refractivity contribution is 6.76. The van der Waals surface area contributed by atoms with Crippen molar-refractivity contribution in [1.82, 2.24) is 24.6 Å². The Balaban J connectivity index is 1.53. The zero-order valence-electron chi connectivity index (χ0n) is 19.9. The molecule has 0 N–H and O–H groups in total. The zero-order valence-corrected chi connectivity index (χ0v) is 20.9. The molecule has 0 radical (unpaired) electrons. The molecular formula is C24H36N6OSi. The maximum atomic E-state index is 9.45. The summed E-state index contributed by atoms with van der Waals surface area (Å²) in [6, 6.07) is 5.92. The van der Waals surface area contributed by atoms with E-state index in [0.29, 0.717) is 19.1 Å². The van der Waals surface area contributed by atoms with Crippen LogP contribution in [0.5, 0.6) is 0 Å². The highest BCUT2D eigenvalue weighted by Crippen LogP contribution is 2.36. The summed E-state index contributed by atoms with van der Waals surface area (Å²) in [4.78, 5) is 9.21. The van der Waals surface area contributed by atoms with Gasteiger partial charge in [0, 0.05) is 51.6 Å². The van der Waals surface area contributed by atoms with Crippen LogP contribution < -0.4 is 0 Å². The summed E-state index contributed by atoms with van der Waals surface area (Å²) in [5.74, 6) is 0.590. The molecule has 1 atom stereocenters. The molecule has 1 aliphatic heterocycles. The number of nitriles is 1. The third-order valence-electron chi connectivity index (χ3n) is 6.75. The molecule has 0 spiro atoms. The molecule has 7 nitrogen and oxygen atoms in total. The molecule has 1 fully saturated rings. The standard InChI is InChI=1S/C24H36N6OSi/c1-28-15-20(16-30(28)22(9-11-25)19-7-5-6-8-19)23-21-10-12-29(24(21)27-17-26-23)18-31-13-14-32(2,3)4/h10,12,16-17,19,22H,5-9,13-15,18H2,1-4H3. The van der Waals surface area contributed by atoms with Crippen molar-refractivity contribution in [2.24, 2.45) is 5.92 Å². The van der Waals surface area contributed by atoms with E-state index in [0.717, 1.165) is 35.9 Å². The fourth-order valence-electron chi connectivity index (χ4n) is 4.93. The lowest BCUT2D eigenvalue weighted by Gasteiger charge is -2.36. The Morgan fingerprint density at radius 3 is 2.75 bits per heavy atom. The number of rotatable bonds is 9. The van der Waals surface area contributed by atoms with Crippen LogP contribution in [0.1, 0.15) is 37.8 Å². The second-order valence-electron chi connectivity index (χ2n) is 10.4. The van der Waals surface area contributed by atoms with Gasteiger partial charge in [-0.2, -0.15) is 5.26 Å². The molecule has 0 aromatic carbocycles. The van der Waals surface area contributed by atoms with Crippen LogP contribution >= 0.6 is 0 Å². The molecule has 172 valence electrons. The Bertz CT molecular complexity index is 998. The number of hydrazine groups is 1. The van der Waals surface area contributed by atoms with E-state index in [4.69, 9.17) is 4.74 Å². The van der Waals surface area contributed by atoms with Crippen molar-refractivity contribution in [3.8, 4) is 6.07 Å². The lowest BCUT2D eigenvalue weighted by atomic mass is 9.95. The average Bonchev–Trinajstić information content (AvgIpc) is 3.49. The van der Waals surface area contributed by atoms with Crippen molar-refractivity contribution in [3.63, 3.8) is 0 Å². The van der Waals surface area contributed by atoms with Gasteiger partial charge in [-0.1, -0.05) is 32.5 Å². The smallest absolute Gasteiger partial charge is 0.145 e. The first-order chi connectivity index (χ1) is 15.4. The number of aromatic nitrogens is 3. The van der Waals surface area contributed by atoms with Crippen molar-refractivity contribution >= 4 is 24.7 Å². The van der Waals surface area contributed by atoms with E-state index in [9.17, 15) is 5.26 Å². The van der Waals surface area contributed by atoms with Gasteiger partial charge in [-0.15, -0.1) is 0 Å². The first-order valence-electron chi connectivity index (χ1n) is 11.8. The van der Waals surface area contributed by atoms with E-state index in [1.54, 1.807) is 6.33 Å². The van der Waals surface area contributed by atoms with Gasteiger partial charge in [-0.05, 0) is 30.9 Å². The predicted molar refractivity (Wildman–Crippen MR) is 130 cm³/mol. The van der Waals surface area contributed by atoms with Gasteiger partial charge >= 0.3 is 0 Å². The van der Waals surface area contributed by atoms with Crippen LogP contribution in [0, 0.1) is 17.2 Å². The summed E-state index contributed by atoms with van der Waals surface area (Å²) in [6.45, 7) is 9.19. The van der Waals surface area contributed by atoms with Crippen LogP contribution in [0.25, 0.3) is 16.6 Å². The number of nitrogens with zero attached hydrogens (tertiary/aromatic N) is 6. The molecule has 2 aromatic heterocycles. The minimum absolute atomic E-state index is 0.242. The molecule has 2 aliphatic rings. The van der Waals surface area contributed by atoms with E-state index in [1.807, 2.05) is 6.20 Å². The molecule has 1 unspecified atom stereocenters. The minimum atomic E-state index is -1.10. The van der Waals surface area contributed by atoms with Gasteiger partial charge in [0.25, 0.3) is 0 Å². The second kappa shape index (κ2) is 9.73. The topological polar surface area (TPSA) is 70.2 Å². The fourth-order valence-corrected chi connectivity index (χ4v) is 5.69. The number of hydrogen-bond donors (Lipinski definition) is 0. The predicted octanol–water partition coefficient (Wildman–Crippen LogP) is 4.72. The van der Waals surface area contributed by atoms with Crippen molar-refractivity contribution in [3.05, 3.63) is 30.5 Å². The van der Waals surface area contributed by atoms with Gasteiger partial charge in [0.1, 0.15) is 18.7 Å². The molecule has 32 heavy (non-hydrogen) atoms. The van der Waals surface area contributed by atoms with Crippen molar-refractivity contribution in [2.45, 2.75) is 70.6 Å². The van der Waals surface area contributed by atoms with E-state index >= 15 is 0 Å². The van der Waals surface area contributed by atoms with Gasteiger partial charge < -0.3 is 14.3 Å². The molecular weight excluding hydrogens is 416 g/mol. The molecule has 1 aliphatic carbocycles. The van der Waals surface area contributed by atoms with Crippen LogP contribution in [0.2, 0.25) is 25.7 Å². The lowest BCUT2D eigenvalue weighted by molar-refractivity contribution is 0.0142. The third kappa shape index (κ3) is 5.06. The minimum Gasteiger partial charge on any atom is -0.361 e. The Morgan fingerprint density at radius 2 is 2.03 bits per heavy atom. The molecule has 4 rings (SSSR count). The summed E-state index contributed by atoms with van der Waals surface area (Å²) < 4.78 is 8.02. The summed E-state index contributed by atoms with van der Waals surface area (Å²) in [5.41, 5.74) is 3.07.